The van der Waals surface area contributed by atoms with Crippen molar-refractivity contribution in [2.75, 3.05) is 6.54 Å². The summed E-state index contributed by atoms with van der Waals surface area (Å²) in [6.45, 7) is 9.27. The van der Waals surface area contributed by atoms with Crippen LogP contribution < -0.4 is 4.72 Å². The molecule has 1 heterocycles. The molecule has 1 atom stereocenters. The van der Waals surface area contributed by atoms with E-state index in [9.17, 15) is 13.5 Å². The number of nitrogens with zero attached hydrogens (tertiary/aromatic N) is 1. The van der Waals surface area contributed by atoms with Crippen molar-refractivity contribution in [3.05, 3.63) is 11.4 Å². The number of aryl methyl sites for hydroxylation is 2. The Bertz CT molecular complexity index is 509. The Morgan fingerprint density at radius 3 is 2.37 bits per heavy atom. The highest BCUT2D eigenvalue weighted by atomic mass is 32.2. The van der Waals surface area contributed by atoms with Crippen LogP contribution in [0.15, 0.2) is 4.90 Å². The quantitative estimate of drug-likeness (QED) is 0.756. The van der Waals surface area contributed by atoms with E-state index in [-0.39, 0.29) is 16.9 Å². The van der Waals surface area contributed by atoms with Gasteiger partial charge in [-0.1, -0.05) is 20.8 Å². The van der Waals surface area contributed by atoms with Gasteiger partial charge in [0.15, 0.2) is 0 Å². The van der Waals surface area contributed by atoms with Gasteiger partial charge < -0.3 is 5.11 Å². The monoisotopic (exact) mass is 289 g/mol. The summed E-state index contributed by atoms with van der Waals surface area (Å²) < 4.78 is 26.7. The summed E-state index contributed by atoms with van der Waals surface area (Å²) in [5.41, 5.74) is 0.873. The topological polar surface area (TPSA) is 95.1 Å². The van der Waals surface area contributed by atoms with E-state index >= 15 is 0 Å². The fraction of sp³-hybridized carbons (Fsp3) is 0.750. The first kappa shape index (κ1) is 16.1. The van der Waals surface area contributed by atoms with Gasteiger partial charge in [-0.15, -0.1) is 0 Å². The van der Waals surface area contributed by atoms with Crippen molar-refractivity contribution in [3.63, 3.8) is 0 Å². The number of aliphatic hydroxyl groups excluding tert-OH is 1. The molecular formula is C12H23N3O3S. The summed E-state index contributed by atoms with van der Waals surface area (Å²) in [4.78, 5) is 0.162. The number of sulfonamides is 1. The Balaban J connectivity index is 2.72. The molecule has 110 valence electrons. The molecule has 1 aromatic heterocycles. The summed E-state index contributed by atoms with van der Waals surface area (Å²) >= 11 is 0. The van der Waals surface area contributed by atoms with Crippen molar-refractivity contribution in [1.29, 1.82) is 0 Å². The molecule has 19 heavy (non-hydrogen) atoms. The molecule has 0 radical (unpaired) electrons. The van der Waals surface area contributed by atoms with E-state index in [0.29, 0.717) is 17.8 Å². The molecule has 1 rings (SSSR count). The summed E-state index contributed by atoms with van der Waals surface area (Å²) in [5, 5.41) is 16.3. The Labute approximate surface area is 114 Å². The average Bonchev–Trinajstić information content (AvgIpc) is 2.54. The van der Waals surface area contributed by atoms with Crippen LogP contribution >= 0.6 is 0 Å². The molecule has 0 aliphatic heterocycles. The number of aromatic nitrogens is 2. The molecule has 0 saturated carbocycles. The summed E-state index contributed by atoms with van der Waals surface area (Å²) in [7, 11) is -3.63. The van der Waals surface area contributed by atoms with Crippen molar-refractivity contribution in [2.24, 2.45) is 5.41 Å². The van der Waals surface area contributed by atoms with Gasteiger partial charge in [0, 0.05) is 6.54 Å². The number of rotatable bonds is 5. The number of hydrogen-bond donors (Lipinski definition) is 3. The Morgan fingerprint density at radius 2 is 1.95 bits per heavy atom. The lowest BCUT2D eigenvalue weighted by molar-refractivity contribution is 0.125. The highest BCUT2D eigenvalue weighted by Gasteiger charge is 2.24. The van der Waals surface area contributed by atoms with Gasteiger partial charge >= 0.3 is 0 Å². The lowest BCUT2D eigenvalue weighted by Gasteiger charge is -2.22. The molecule has 0 saturated heterocycles. The summed E-state index contributed by atoms with van der Waals surface area (Å²) in [6, 6.07) is 0. The largest absolute Gasteiger partial charge is 0.392 e. The Morgan fingerprint density at radius 1 is 1.37 bits per heavy atom. The maximum absolute atomic E-state index is 12.1. The Kier molecular flexibility index (Phi) is 4.76. The van der Waals surface area contributed by atoms with Gasteiger partial charge in [-0.25, -0.2) is 13.1 Å². The smallest absolute Gasteiger partial charge is 0.244 e. The van der Waals surface area contributed by atoms with Crippen LogP contribution in [0.3, 0.4) is 0 Å². The highest BCUT2D eigenvalue weighted by Crippen LogP contribution is 2.21. The predicted molar refractivity (Wildman–Crippen MR) is 73.3 cm³/mol. The van der Waals surface area contributed by atoms with Crippen molar-refractivity contribution >= 4 is 10.0 Å². The van der Waals surface area contributed by atoms with Crippen LogP contribution in [-0.2, 0) is 10.0 Å². The molecule has 0 bridgehead atoms. The molecule has 6 nitrogen and oxygen atoms in total. The molecule has 1 aromatic rings. The normalized spacial score (nSPS) is 14.6. The van der Waals surface area contributed by atoms with Crippen LogP contribution in [0.4, 0.5) is 0 Å². The van der Waals surface area contributed by atoms with Gasteiger partial charge in [0.05, 0.1) is 17.5 Å². The minimum atomic E-state index is -3.63. The maximum Gasteiger partial charge on any atom is 0.244 e. The maximum atomic E-state index is 12.1. The molecule has 0 aliphatic carbocycles. The molecule has 7 heteroatoms. The van der Waals surface area contributed by atoms with Crippen LogP contribution in [0.25, 0.3) is 0 Å². The number of aromatic amines is 1. The van der Waals surface area contributed by atoms with Gasteiger partial charge in [-0.2, -0.15) is 5.10 Å². The number of nitrogens with one attached hydrogen (secondary N) is 2. The molecule has 3 N–H and O–H groups in total. The van der Waals surface area contributed by atoms with Crippen LogP contribution in [0, 0.1) is 19.3 Å². The minimum absolute atomic E-state index is 0.00363. The second-order valence-electron chi connectivity index (χ2n) is 6.03. The second kappa shape index (κ2) is 5.60. The van der Waals surface area contributed by atoms with E-state index < -0.39 is 16.1 Å². The summed E-state index contributed by atoms with van der Waals surface area (Å²) in [5.74, 6) is 0. The van der Waals surface area contributed by atoms with E-state index in [1.165, 1.54) is 0 Å². The first-order chi connectivity index (χ1) is 8.53. The first-order valence-electron chi connectivity index (χ1n) is 6.22. The van der Waals surface area contributed by atoms with Gasteiger partial charge in [-0.05, 0) is 25.7 Å². The third-order valence-corrected chi connectivity index (χ3v) is 4.37. The van der Waals surface area contributed by atoms with E-state index in [2.05, 4.69) is 14.9 Å². The SMILES string of the molecule is Cc1n[nH]c(C)c1S(=O)(=O)NCC(O)CC(C)(C)C. The lowest BCUT2D eigenvalue weighted by Crippen LogP contribution is -2.34. The van der Waals surface area contributed by atoms with Gasteiger partial charge in [0.1, 0.15) is 4.90 Å². The summed E-state index contributed by atoms with van der Waals surface area (Å²) in [6.07, 6.45) is -0.180. The molecule has 0 aromatic carbocycles. The van der Waals surface area contributed by atoms with Crippen molar-refractivity contribution in [1.82, 2.24) is 14.9 Å². The van der Waals surface area contributed by atoms with Gasteiger partial charge in [0.2, 0.25) is 10.0 Å². The van der Waals surface area contributed by atoms with Crippen LogP contribution in [0.1, 0.15) is 38.6 Å². The lowest BCUT2D eigenvalue weighted by atomic mass is 9.89. The molecule has 1 unspecified atom stereocenters. The second-order valence-corrected chi connectivity index (χ2v) is 7.74. The van der Waals surface area contributed by atoms with E-state index in [1.807, 2.05) is 20.8 Å². The zero-order chi connectivity index (χ0) is 14.8. The van der Waals surface area contributed by atoms with Crippen LogP contribution in [0.5, 0.6) is 0 Å². The van der Waals surface area contributed by atoms with Crippen LogP contribution in [-0.4, -0.2) is 36.4 Å². The number of aliphatic hydroxyl groups is 1. The van der Waals surface area contributed by atoms with E-state index in [4.69, 9.17) is 0 Å². The highest BCUT2D eigenvalue weighted by molar-refractivity contribution is 7.89. The fourth-order valence-corrected chi connectivity index (χ4v) is 3.43. The number of hydrogen-bond acceptors (Lipinski definition) is 4. The third-order valence-electron chi connectivity index (χ3n) is 2.69. The average molecular weight is 289 g/mol. The Hall–Kier alpha value is -0.920. The van der Waals surface area contributed by atoms with Crippen molar-refractivity contribution in [3.8, 4) is 0 Å². The molecule has 0 amide bonds. The molecule has 0 aliphatic rings. The van der Waals surface area contributed by atoms with Gasteiger partial charge in [0.25, 0.3) is 0 Å². The minimum Gasteiger partial charge on any atom is -0.392 e. The van der Waals surface area contributed by atoms with Gasteiger partial charge in [-0.3, -0.25) is 5.10 Å². The molecule has 0 spiro atoms. The zero-order valence-electron chi connectivity index (χ0n) is 12.1. The van der Waals surface area contributed by atoms with Crippen molar-refractivity contribution < 1.29 is 13.5 Å². The zero-order valence-corrected chi connectivity index (χ0v) is 12.9. The molecular weight excluding hydrogens is 266 g/mol. The van der Waals surface area contributed by atoms with E-state index in [1.54, 1.807) is 13.8 Å². The standard InChI is InChI=1S/C12H23N3O3S/c1-8-11(9(2)15-14-8)19(17,18)13-7-10(16)6-12(3,4)5/h10,13,16H,6-7H2,1-5H3,(H,14,15). The van der Waals surface area contributed by atoms with E-state index in [0.717, 1.165) is 0 Å². The first-order valence-corrected chi connectivity index (χ1v) is 7.70. The van der Waals surface area contributed by atoms with Crippen molar-refractivity contribution in [2.45, 2.75) is 52.0 Å². The van der Waals surface area contributed by atoms with Crippen LogP contribution in [0.2, 0.25) is 0 Å². The number of H-pyrrole nitrogens is 1. The third kappa shape index (κ3) is 4.59. The predicted octanol–water partition coefficient (Wildman–Crippen LogP) is 1.10. The molecule has 0 fully saturated rings. The fourth-order valence-electron chi connectivity index (χ4n) is 1.99.